The van der Waals surface area contributed by atoms with E-state index in [0.717, 1.165) is 0 Å². The second kappa shape index (κ2) is 6.06. The number of anilines is 2. The van der Waals surface area contributed by atoms with E-state index >= 15 is 0 Å². The van der Waals surface area contributed by atoms with Gasteiger partial charge in [0.15, 0.2) is 17.3 Å². The zero-order valence-corrected chi connectivity index (χ0v) is 12.7. The monoisotopic (exact) mass is 307 g/mol. The number of ketones is 1. The quantitative estimate of drug-likeness (QED) is 0.498. The Hall–Kier alpha value is -2.20. The summed E-state index contributed by atoms with van der Waals surface area (Å²) in [7, 11) is 2.06. The van der Waals surface area contributed by atoms with Gasteiger partial charge in [0.05, 0.1) is 27.3 Å². The lowest BCUT2D eigenvalue weighted by molar-refractivity contribution is 0.101. The molecule has 0 amide bonds. The van der Waals surface area contributed by atoms with Gasteiger partial charge in [-0.15, -0.1) is 0 Å². The molecule has 0 aliphatic heterocycles. The number of rotatable bonds is 6. The summed E-state index contributed by atoms with van der Waals surface area (Å²) < 4.78 is 10.3. The number of carbonyl (C=O) groups excluding carboxylic acids is 1. The molecule has 0 aliphatic rings. The molecule has 0 bridgehead atoms. The molecule has 1 N–H and O–H groups in total. The number of para-hydroxylation sites is 1. The molecule has 2 aromatic rings. The van der Waals surface area contributed by atoms with Crippen molar-refractivity contribution in [3.05, 3.63) is 44.2 Å². The van der Waals surface area contributed by atoms with Gasteiger partial charge in [-0.25, -0.2) is 0 Å². The highest BCUT2D eigenvalue weighted by atomic mass is 31.0. The van der Waals surface area contributed by atoms with Crippen LogP contribution in [0.15, 0.2) is 27.8 Å². The van der Waals surface area contributed by atoms with E-state index in [1.54, 1.807) is 25.1 Å². The van der Waals surface area contributed by atoms with E-state index < -0.39 is 10.9 Å². The maximum Gasteiger partial charge on any atom is 0.272 e. The Balaban J connectivity index is 2.44. The average molecular weight is 307 g/mol. The van der Waals surface area contributed by atoms with Crippen LogP contribution in [-0.2, 0) is 0 Å². The van der Waals surface area contributed by atoms with Crippen LogP contribution >= 0.6 is 9.47 Å². The molecule has 6 nitrogen and oxygen atoms in total. The van der Waals surface area contributed by atoms with Gasteiger partial charge >= 0.3 is 0 Å². The van der Waals surface area contributed by atoms with Crippen LogP contribution in [0.5, 0.6) is 11.5 Å². The molecule has 2 aromatic carbocycles. The lowest BCUT2D eigenvalue weighted by Crippen LogP contribution is -2.35. The molecule has 0 spiro atoms. The van der Waals surface area contributed by atoms with Gasteiger partial charge in [-0.2, -0.15) is 0 Å². The van der Waals surface area contributed by atoms with E-state index in [1.807, 2.05) is 0 Å². The van der Waals surface area contributed by atoms with E-state index in [4.69, 9.17) is 9.26 Å². The fourth-order valence-corrected chi connectivity index (χ4v) is 2.19. The first-order chi connectivity index (χ1) is 10.0. The molecule has 0 heterocycles. The largest absolute Gasteiger partial charge is 0.488 e. The van der Waals surface area contributed by atoms with Crippen molar-refractivity contribution in [2.45, 2.75) is 13.8 Å². The van der Waals surface area contributed by atoms with E-state index in [2.05, 4.69) is 14.8 Å². The first-order valence-corrected chi connectivity index (χ1v) is 6.72. The number of hydrogen-bond acceptors (Lipinski definition) is 6. The molecule has 21 heavy (non-hydrogen) atoms. The van der Waals surface area contributed by atoms with Gasteiger partial charge in [0.25, 0.3) is 10.9 Å². The minimum absolute atomic E-state index is 0.00503. The highest BCUT2D eigenvalue weighted by Crippen LogP contribution is 2.34. The molecular formula is C14H14NO5P. The molecule has 0 aromatic heterocycles. The predicted molar refractivity (Wildman–Crippen MR) is 82.6 cm³/mol. The van der Waals surface area contributed by atoms with Crippen LogP contribution in [-0.4, -0.2) is 12.4 Å². The summed E-state index contributed by atoms with van der Waals surface area (Å²) in [6.45, 7) is 3.41. The maximum absolute atomic E-state index is 11.6. The second-order valence-electron chi connectivity index (χ2n) is 4.28. The zero-order chi connectivity index (χ0) is 15.6. The van der Waals surface area contributed by atoms with E-state index in [9.17, 15) is 14.4 Å². The lowest BCUT2D eigenvalue weighted by Gasteiger charge is -2.16. The second-order valence-corrected chi connectivity index (χ2v) is 4.51. The summed E-state index contributed by atoms with van der Waals surface area (Å²) in [4.78, 5) is 34.6. The highest BCUT2D eigenvalue weighted by molar-refractivity contribution is 7.10. The van der Waals surface area contributed by atoms with Crippen molar-refractivity contribution >= 4 is 26.6 Å². The van der Waals surface area contributed by atoms with Crippen molar-refractivity contribution in [3.63, 3.8) is 0 Å². The summed E-state index contributed by atoms with van der Waals surface area (Å²) in [5.74, 6) is 0.113. The lowest BCUT2D eigenvalue weighted by atomic mass is 10.1. The normalized spacial score (nSPS) is 10.4. The van der Waals surface area contributed by atoms with Gasteiger partial charge in [-0.05, 0) is 26.0 Å². The van der Waals surface area contributed by atoms with Crippen LogP contribution in [0.1, 0.15) is 24.2 Å². The minimum Gasteiger partial charge on any atom is -0.488 e. The Labute approximate surface area is 123 Å². The molecular weight excluding hydrogens is 293 g/mol. The molecule has 0 fully saturated rings. The van der Waals surface area contributed by atoms with Crippen LogP contribution in [0.3, 0.4) is 0 Å². The molecule has 0 aliphatic carbocycles. The van der Waals surface area contributed by atoms with Crippen molar-refractivity contribution in [3.8, 4) is 11.5 Å². The number of benzene rings is 1. The van der Waals surface area contributed by atoms with Gasteiger partial charge in [0, 0.05) is 0 Å². The third-order valence-corrected chi connectivity index (χ3v) is 3.16. The standard InChI is InChI=1S/C14H14NO5P/c1-3-19-14-10(11(17)12(14)18)15-9-6-4-5-8(7(2)16)13(9)20-21/h4-6,15H,3,21H2,1-2H3. The number of Topliss-reactive ketones (excluding diaryl/α,β-unsaturated/α-hetero) is 1. The number of hydrogen-bond donors (Lipinski definition) is 1. The van der Waals surface area contributed by atoms with Crippen LogP contribution in [0.4, 0.5) is 11.4 Å². The van der Waals surface area contributed by atoms with Crippen molar-refractivity contribution in [2.75, 3.05) is 11.9 Å². The highest BCUT2D eigenvalue weighted by Gasteiger charge is 2.24. The predicted octanol–water partition coefficient (Wildman–Crippen LogP) is 1.80. The van der Waals surface area contributed by atoms with E-state index in [1.165, 1.54) is 6.92 Å². The third kappa shape index (κ3) is 2.67. The van der Waals surface area contributed by atoms with Gasteiger partial charge in [-0.1, -0.05) is 6.07 Å². The number of ether oxygens (including phenoxy) is 1. The molecule has 0 saturated carbocycles. The summed E-state index contributed by atoms with van der Waals surface area (Å²) in [6.07, 6.45) is 0. The molecule has 0 radical (unpaired) electrons. The summed E-state index contributed by atoms with van der Waals surface area (Å²) in [5.41, 5.74) is -0.458. The summed E-state index contributed by atoms with van der Waals surface area (Å²) in [5, 5.41) is 2.80. The van der Waals surface area contributed by atoms with Crippen LogP contribution in [0, 0.1) is 0 Å². The Morgan fingerprint density at radius 2 is 1.95 bits per heavy atom. The van der Waals surface area contributed by atoms with E-state index in [-0.39, 0.29) is 29.6 Å². The topological polar surface area (TPSA) is 81.7 Å². The first kappa shape index (κ1) is 15.2. The smallest absolute Gasteiger partial charge is 0.272 e. The molecule has 0 saturated heterocycles. The number of nitrogens with one attached hydrogen (secondary N) is 1. The van der Waals surface area contributed by atoms with Crippen LogP contribution < -0.4 is 25.4 Å². The number of carbonyl (C=O) groups is 1. The molecule has 1 unspecified atom stereocenters. The summed E-state index contributed by atoms with van der Waals surface area (Å²) in [6, 6.07) is 4.90. The fourth-order valence-electron chi connectivity index (χ4n) is 1.94. The average Bonchev–Trinajstić information content (AvgIpc) is 2.49. The third-order valence-electron chi connectivity index (χ3n) is 2.93. The molecule has 110 valence electrons. The van der Waals surface area contributed by atoms with Crippen molar-refractivity contribution in [1.82, 2.24) is 0 Å². The molecule has 7 heteroatoms. The fraction of sp³-hybridized carbons (Fsp3) is 0.214. The molecule has 2 rings (SSSR count). The minimum atomic E-state index is -0.657. The van der Waals surface area contributed by atoms with Crippen molar-refractivity contribution in [1.29, 1.82) is 0 Å². The Morgan fingerprint density at radius 1 is 1.24 bits per heavy atom. The first-order valence-electron chi connectivity index (χ1n) is 6.25. The summed E-state index contributed by atoms with van der Waals surface area (Å²) >= 11 is 0. The van der Waals surface area contributed by atoms with Gasteiger partial charge in [0.1, 0.15) is 5.69 Å². The molecule has 1 atom stereocenters. The van der Waals surface area contributed by atoms with Crippen LogP contribution in [0.25, 0.3) is 0 Å². The van der Waals surface area contributed by atoms with Gasteiger partial charge < -0.3 is 14.6 Å². The zero-order valence-electron chi connectivity index (χ0n) is 11.6. The van der Waals surface area contributed by atoms with Crippen molar-refractivity contribution in [2.24, 2.45) is 0 Å². The van der Waals surface area contributed by atoms with E-state index in [0.29, 0.717) is 11.3 Å². The Bertz CT molecular complexity index is 761. The SMILES string of the molecule is CCOc1c(Nc2cccc(C(C)=O)c2OP)c(=O)c1=O. The van der Waals surface area contributed by atoms with Crippen molar-refractivity contribution < 1.29 is 14.1 Å². The van der Waals surface area contributed by atoms with Crippen LogP contribution in [0.2, 0.25) is 0 Å². The Morgan fingerprint density at radius 3 is 2.52 bits per heavy atom. The Kier molecular flexibility index (Phi) is 4.38. The van der Waals surface area contributed by atoms with Gasteiger partial charge in [0.2, 0.25) is 0 Å². The van der Waals surface area contributed by atoms with Gasteiger partial charge in [-0.3, -0.25) is 14.4 Å². The maximum atomic E-state index is 11.6.